The molecule has 1 saturated heterocycles. The van der Waals surface area contributed by atoms with Crippen LogP contribution < -0.4 is 10.6 Å². The molecule has 0 radical (unpaired) electrons. The lowest BCUT2D eigenvalue weighted by molar-refractivity contribution is -0.309. The number of benzene rings is 1. The molecule has 2 bridgehead atoms. The molecule has 6 rings (SSSR count). The largest absolute Gasteiger partial charge is 0.508 e. The Hall–Kier alpha value is -2.76. The number of aliphatic carboxylic acids is 1. The van der Waals surface area contributed by atoms with Gasteiger partial charge in [-0.15, -0.1) is 0 Å². The Labute approximate surface area is 325 Å². The molecule has 18 nitrogen and oxygen atoms in total. The van der Waals surface area contributed by atoms with Crippen molar-refractivity contribution in [2.75, 3.05) is 19.6 Å². The molecule has 10 unspecified atom stereocenters. The van der Waals surface area contributed by atoms with Crippen LogP contribution in [0.15, 0.2) is 36.4 Å². The monoisotopic (exact) mass is 832 g/mol. The molecule has 1 amide bonds. The standard InChI is InChI=1S/C36H52N2O16S2/c1-19-21-6-9-27-35(2)17-23(15-24(33(43)44)25(35)11-12-36(27,16-21)32(19)42)51-34-29(41)31(54-56(48,49)50)30(53-55(45,46)47)26(52-34)18-37-13-14-38-28(40)10-5-20-3-7-22(39)8-4-20/h3-4,7-8,21,23-27,29-32,34,37,39,41-42H,1,5-6,9-18H2,2H3,(H,38,40)(H,43,44)(H,45,46,47)(H,48,49,50)/t21?,23?,24?,25?,26-,27?,29?,30+,31?,32-,34?,35?,36?/m0/s1. The first-order chi connectivity index (χ1) is 26.2. The number of carboxylic acid groups (broad SMARTS) is 1. The van der Waals surface area contributed by atoms with Gasteiger partial charge in [0.1, 0.15) is 30.2 Å². The number of amides is 1. The summed E-state index contributed by atoms with van der Waals surface area (Å²) >= 11 is 0. The van der Waals surface area contributed by atoms with E-state index < -0.39 is 86.4 Å². The fourth-order valence-electron chi connectivity index (χ4n) is 10.7. The second-order valence-corrected chi connectivity index (χ2v) is 18.4. The van der Waals surface area contributed by atoms with Gasteiger partial charge in [-0.25, -0.2) is 8.37 Å². The summed E-state index contributed by atoms with van der Waals surface area (Å²) in [6, 6.07) is 6.40. The van der Waals surface area contributed by atoms with E-state index in [1.807, 2.05) is 6.92 Å². The summed E-state index contributed by atoms with van der Waals surface area (Å²) in [7, 11) is -10.7. The van der Waals surface area contributed by atoms with Gasteiger partial charge in [0.05, 0.1) is 18.1 Å². The van der Waals surface area contributed by atoms with Gasteiger partial charge in [-0.1, -0.05) is 25.6 Å². The lowest BCUT2D eigenvalue weighted by atomic mass is 9.43. The molecule has 1 aromatic rings. The number of rotatable bonds is 15. The summed E-state index contributed by atoms with van der Waals surface area (Å²) in [5.74, 6) is -2.23. The van der Waals surface area contributed by atoms with Gasteiger partial charge in [-0.05, 0) is 97.8 Å². The van der Waals surface area contributed by atoms with E-state index in [0.29, 0.717) is 25.7 Å². The van der Waals surface area contributed by atoms with Gasteiger partial charge in [0, 0.05) is 31.5 Å². The fraction of sp³-hybridized carbons (Fsp3) is 0.722. The molecule has 1 aliphatic heterocycles. The van der Waals surface area contributed by atoms with Crippen LogP contribution in [-0.4, -0.2) is 121 Å². The zero-order valence-corrected chi connectivity index (χ0v) is 32.6. The van der Waals surface area contributed by atoms with Crippen LogP contribution in [0, 0.1) is 34.5 Å². The molecule has 8 N–H and O–H groups in total. The second kappa shape index (κ2) is 16.5. The minimum absolute atomic E-state index is 0.00388. The van der Waals surface area contributed by atoms with E-state index in [0.717, 1.165) is 30.4 Å². The van der Waals surface area contributed by atoms with E-state index in [4.69, 9.17) is 17.8 Å². The Morgan fingerprint density at radius 2 is 1.66 bits per heavy atom. The Kier molecular flexibility index (Phi) is 12.6. The van der Waals surface area contributed by atoms with Crippen molar-refractivity contribution in [2.24, 2.45) is 34.5 Å². The van der Waals surface area contributed by atoms with E-state index >= 15 is 0 Å². The summed E-state index contributed by atoms with van der Waals surface area (Å²) in [6.45, 7) is 6.02. The average molecular weight is 833 g/mol. The van der Waals surface area contributed by atoms with Gasteiger partial charge in [-0.3, -0.25) is 18.7 Å². The molecule has 1 aromatic carbocycles. The number of aliphatic hydroxyl groups excluding tert-OH is 2. The minimum Gasteiger partial charge on any atom is -0.508 e. The zero-order chi connectivity index (χ0) is 40.8. The van der Waals surface area contributed by atoms with Crippen LogP contribution in [0.25, 0.3) is 0 Å². The molecule has 5 fully saturated rings. The van der Waals surface area contributed by atoms with Crippen molar-refractivity contribution < 1.29 is 73.8 Å². The molecular weight excluding hydrogens is 781 g/mol. The molecule has 314 valence electrons. The first-order valence-electron chi connectivity index (χ1n) is 18.9. The zero-order valence-electron chi connectivity index (χ0n) is 30.9. The second-order valence-electron chi connectivity index (χ2n) is 16.3. The van der Waals surface area contributed by atoms with E-state index in [2.05, 4.69) is 17.2 Å². The maximum Gasteiger partial charge on any atom is 0.397 e. The number of carbonyl (C=O) groups excluding carboxylic acids is 1. The topological polar surface area (TPSA) is 285 Å². The molecular formula is C36H52N2O16S2. The lowest BCUT2D eigenvalue weighted by Gasteiger charge is -2.62. The molecule has 56 heavy (non-hydrogen) atoms. The van der Waals surface area contributed by atoms with Crippen LogP contribution in [0.5, 0.6) is 5.75 Å². The number of aromatic hydroxyl groups is 1. The number of carboxylic acids is 1. The summed E-state index contributed by atoms with van der Waals surface area (Å²) in [5, 5.41) is 48.4. The van der Waals surface area contributed by atoms with Crippen LogP contribution in [0.1, 0.15) is 63.9 Å². The molecule has 4 saturated carbocycles. The van der Waals surface area contributed by atoms with E-state index in [1.165, 1.54) is 12.1 Å². The third-order valence-corrected chi connectivity index (χ3v) is 14.0. The highest BCUT2D eigenvalue weighted by atomic mass is 32.3. The van der Waals surface area contributed by atoms with E-state index in [1.54, 1.807) is 12.1 Å². The first kappa shape index (κ1) is 42.8. The van der Waals surface area contributed by atoms with Gasteiger partial charge >= 0.3 is 26.8 Å². The van der Waals surface area contributed by atoms with Crippen molar-refractivity contribution in [1.82, 2.24) is 10.6 Å². The number of hydrogen-bond donors (Lipinski definition) is 8. The molecule has 4 aliphatic carbocycles. The maximum atomic E-state index is 12.8. The summed E-state index contributed by atoms with van der Waals surface area (Å²) in [4.78, 5) is 25.2. The van der Waals surface area contributed by atoms with Crippen LogP contribution >= 0.6 is 0 Å². The number of carbonyl (C=O) groups is 2. The number of phenolic OH excluding ortho intramolecular Hbond substituents is 1. The van der Waals surface area contributed by atoms with Crippen molar-refractivity contribution in [3.63, 3.8) is 0 Å². The predicted octanol–water partition coefficient (Wildman–Crippen LogP) is 1.12. The SMILES string of the molecule is C=C1C2CCC3C4(C)CC(OC5O[C@@H](CNCCNC(=O)CCc6ccc(O)cc6)[C@@H](OS(=O)(=O)O)C(OS(=O)(=O)O)C5O)CC(C(=O)O)C4CCC3(C2)[C@H]1O. The summed E-state index contributed by atoms with van der Waals surface area (Å²) in [5.41, 5.74) is 0.544. The summed E-state index contributed by atoms with van der Waals surface area (Å²) < 4.78 is 88.6. The number of aryl methyl sites for hydroxylation is 1. The first-order valence-corrected chi connectivity index (χ1v) is 21.6. The Bertz CT molecular complexity index is 1850. The van der Waals surface area contributed by atoms with Crippen molar-refractivity contribution in [3.8, 4) is 5.75 Å². The van der Waals surface area contributed by atoms with Crippen LogP contribution in [-0.2, 0) is 54.6 Å². The Morgan fingerprint density at radius 1 is 0.982 bits per heavy atom. The molecule has 20 heteroatoms. The molecule has 13 atom stereocenters. The number of ether oxygens (including phenoxy) is 2. The number of nitrogens with one attached hydrogen (secondary N) is 2. The van der Waals surface area contributed by atoms with Gasteiger partial charge in [0.15, 0.2) is 6.29 Å². The Morgan fingerprint density at radius 3 is 2.32 bits per heavy atom. The van der Waals surface area contributed by atoms with Crippen molar-refractivity contribution in [3.05, 3.63) is 42.0 Å². The highest BCUT2D eigenvalue weighted by Gasteiger charge is 2.67. The van der Waals surface area contributed by atoms with Crippen LogP contribution in [0.2, 0.25) is 0 Å². The third kappa shape index (κ3) is 9.10. The van der Waals surface area contributed by atoms with E-state index in [9.17, 15) is 56.0 Å². The molecule has 1 heterocycles. The van der Waals surface area contributed by atoms with Crippen LogP contribution in [0.4, 0.5) is 0 Å². The minimum atomic E-state index is -5.38. The smallest absolute Gasteiger partial charge is 0.397 e. The van der Waals surface area contributed by atoms with Gasteiger partial charge in [-0.2, -0.15) is 16.8 Å². The average Bonchev–Trinajstić information content (AvgIpc) is 3.28. The molecule has 5 aliphatic rings. The van der Waals surface area contributed by atoms with Crippen molar-refractivity contribution in [1.29, 1.82) is 0 Å². The molecule has 1 spiro atoms. The third-order valence-electron chi connectivity index (χ3n) is 13.0. The lowest BCUT2D eigenvalue weighted by Crippen LogP contribution is -2.64. The maximum absolute atomic E-state index is 12.8. The number of hydrogen-bond acceptors (Lipinski definition) is 14. The predicted molar refractivity (Wildman–Crippen MR) is 194 cm³/mol. The van der Waals surface area contributed by atoms with Crippen molar-refractivity contribution >= 4 is 32.7 Å². The van der Waals surface area contributed by atoms with E-state index in [-0.39, 0.29) is 61.9 Å². The van der Waals surface area contributed by atoms with Crippen molar-refractivity contribution in [2.45, 2.75) is 108 Å². The fourth-order valence-corrected chi connectivity index (χ4v) is 11.8. The normalized spacial score (nSPS) is 38.4. The highest BCUT2D eigenvalue weighted by molar-refractivity contribution is 7.81. The van der Waals surface area contributed by atoms with Gasteiger partial charge in [0.2, 0.25) is 5.91 Å². The number of aliphatic hydroxyl groups is 2. The summed E-state index contributed by atoms with van der Waals surface area (Å²) in [6.07, 6.45) is -6.89. The number of phenols is 1. The Balaban J connectivity index is 1.17. The van der Waals surface area contributed by atoms with Crippen LogP contribution in [0.3, 0.4) is 0 Å². The molecule has 0 aromatic heterocycles. The number of fused-ring (bicyclic) bond motifs is 3. The highest BCUT2D eigenvalue weighted by Crippen LogP contribution is 2.70. The van der Waals surface area contributed by atoms with Gasteiger partial charge in [0.25, 0.3) is 0 Å². The quantitative estimate of drug-likeness (QED) is 0.0532. The van der Waals surface area contributed by atoms with Gasteiger partial charge < -0.3 is 40.5 Å².